The maximum Gasteiger partial charge on any atom is 0.180 e. The fourth-order valence-corrected chi connectivity index (χ4v) is 15.5. The van der Waals surface area contributed by atoms with Gasteiger partial charge in [0.1, 0.15) is 0 Å². The number of hydrogen-bond donors (Lipinski definition) is 0. The molecule has 3 heteroatoms. The van der Waals surface area contributed by atoms with Gasteiger partial charge in [-0.15, -0.1) is 0 Å². The molecule has 296 valence electrons. The second kappa shape index (κ2) is 15.2. The highest BCUT2D eigenvalue weighted by Crippen LogP contribution is 2.44. The van der Waals surface area contributed by atoms with Gasteiger partial charge in [0.25, 0.3) is 0 Å². The number of aromatic nitrogens is 2. The molecule has 0 fully saturated rings. The third kappa shape index (κ3) is 5.78. The van der Waals surface area contributed by atoms with Crippen molar-refractivity contribution in [1.29, 1.82) is 0 Å². The van der Waals surface area contributed by atoms with Gasteiger partial charge in [0.2, 0.25) is 0 Å². The van der Waals surface area contributed by atoms with E-state index in [9.17, 15) is 0 Å². The van der Waals surface area contributed by atoms with Crippen LogP contribution >= 0.6 is 0 Å². The highest BCUT2D eigenvalue weighted by Gasteiger charge is 2.43. The molecule has 0 aliphatic rings. The summed E-state index contributed by atoms with van der Waals surface area (Å²) in [7, 11) is -2.92. The maximum atomic E-state index is 2.56. The molecule has 2 heterocycles. The van der Waals surface area contributed by atoms with Crippen LogP contribution in [0.2, 0.25) is 0 Å². The van der Waals surface area contributed by atoms with Crippen LogP contribution in [0.1, 0.15) is 0 Å². The zero-order valence-electron chi connectivity index (χ0n) is 34.6. The summed E-state index contributed by atoms with van der Waals surface area (Å²) in [5.41, 5.74) is 11.8. The summed E-state index contributed by atoms with van der Waals surface area (Å²) in [6.07, 6.45) is 0. The molecule has 2 aromatic heterocycles. The Morgan fingerprint density at radius 2 is 0.762 bits per heavy atom. The van der Waals surface area contributed by atoms with E-state index in [0.29, 0.717) is 0 Å². The van der Waals surface area contributed by atoms with Gasteiger partial charge in [-0.1, -0.05) is 218 Å². The molecule has 0 radical (unpaired) electrons. The van der Waals surface area contributed by atoms with Crippen molar-refractivity contribution in [1.82, 2.24) is 9.13 Å². The van der Waals surface area contributed by atoms with Crippen LogP contribution in [0.4, 0.5) is 0 Å². The van der Waals surface area contributed by atoms with Crippen LogP contribution in [0.25, 0.3) is 77.2 Å². The van der Waals surface area contributed by atoms with Gasteiger partial charge in [0.15, 0.2) is 8.07 Å². The minimum absolute atomic E-state index is 1.12. The van der Waals surface area contributed by atoms with Gasteiger partial charge in [-0.25, -0.2) is 0 Å². The molecule has 0 saturated carbocycles. The Bertz CT molecular complexity index is 3500. The molecular weight excluding hydrogens is 777 g/mol. The molecule has 0 unspecified atom stereocenters. The molecule has 12 rings (SSSR count). The van der Waals surface area contributed by atoms with Crippen molar-refractivity contribution in [2.75, 3.05) is 0 Å². The van der Waals surface area contributed by atoms with E-state index in [-0.39, 0.29) is 0 Å². The Hall–Kier alpha value is -7.98. The smallest absolute Gasteiger partial charge is 0.180 e. The molecule has 0 saturated heterocycles. The molecule has 0 N–H and O–H groups in total. The molecule has 0 aliphatic heterocycles. The predicted octanol–water partition coefficient (Wildman–Crippen LogP) is 12.6. The van der Waals surface area contributed by atoms with Crippen molar-refractivity contribution >= 4 is 72.4 Å². The molecule has 2 nitrogen and oxygen atoms in total. The lowest BCUT2D eigenvalue weighted by atomic mass is 9.98. The quantitative estimate of drug-likeness (QED) is 0.107. The summed E-state index contributed by atoms with van der Waals surface area (Å²) >= 11 is 0. The summed E-state index contributed by atoms with van der Waals surface area (Å²) in [5.74, 6) is 0. The van der Waals surface area contributed by atoms with Gasteiger partial charge in [-0.2, -0.15) is 0 Å². The van der Waals surface area contributed by atoms with Crippen molar-refractivity contribution in [3.8, 4) is 33.6 Å². The first-order valence-electron chi connectivity index (χ1n) is 21.8. The Kier molecular flexibility index (Phi) is 8.87. The van der Waals surface area contributed by atoms with Crippen LogP contribution in [-0.4, -0.2) is 17.2 Å². The van der Waals surface area contributed by atoms with Crippen LogP contribution in [-0.2, 0) is 0 Å². The molecule has 0 amide bonds. The van der Waals surface area contributed by atoms with Crippen molar-refractivity contribution < 1.29 is 0 Å². The number of rotatable bonds is 8. The lowest BCUT2D eigenvalue weighted by Crippen LogP contribution is -2.74. The van der Waals surface area contributed by atoms with E-state index in [0.717, 1.165) is 11.4 Å². The van der Waals surface area contributed by atoms with E-state index in [1.165, 1.54) is 86.6 Å². The minimum Gasteiger partial charge on any atom is -0.307 e. The largest absolute Gasteiger partial charge is 0.307 e. The SMILES string of the molecule is c1ccc(-c2cccc(-n3c4ccccc4c4c(-c5ccccc5)ccc(-n5c6ccccc6c6c([Si](c7ccccc7)(c7ccccc7)c7ccccc7)cccc65)c43)c2)cc1. The average Bonchev–Trinajstić information content (AvgIpc) is 3.90. The van der Waals surface area contributed by atoms with Crippen LogP contribution in [0.15, 0.2) is 255 Å². The van der Waals surface area contributed by atoms with Gasteiger partial charge in [-0.05, 0) is 79.4 Å². The van der Waals surface area contributed by atoms with Gasteiger partial charge >= 0.3 is 0 Å². The molecule has 0 spiro atoms. The van der Waals surface area contributed by atoms with Crippen molar-refractivity contribution in [3.05, 3.63) is 255 Å². The standard InChI is InChI=1S/C60H42N2Si/c1-6-22-43(23-7-1)45-26-20-27-46(42-45)61-53-36-18-16-34-51(53)58-50(44-24-8-2-9-25-44)40-41-56(60(58)61)62-54-37-19-17-35-52(54)59-55(62)38-21-39-57(59)63(47-28-10-3-11-29-47,48-30-12-4-13-31-48)49-32-14-5-15-33-49/h1-42H. The number of benzene rings is 10. The monoisotopic (exact) mass is 818 g/mol. The fraction of sp³-hybridized carbons (Fsp3) is 0. The summed E-state index contributed by atoms with van der Waals surface area (Å²) in [5, 5.41) is 10.5. The van der Waals surface area contributed by atoms with Crippen LogP contribution in [0, 0.1) is 0 Å². The Labute approximate surface area is 368 Å². The summed E-state index contributed by atoms with van der Waals surface area (Å²) in [6, 6.07) is 94.3. The first-order chi connectivity index (χ1) is 31.3. The summed E-state index contributed by atoms with van der Waals surface area (Å²) in [4.78, 5) is 0. The van der Waals surface area contributed by atoms with E-state index in [1.807, 2.05) is 0 Å². The fourth-order valence-electron chi connectivity index (χ4n) is 10.5. The third-order valence-electron chi connectivity index (χ3n) is 13.1. The van der Waals surface area contributed by atoms with Gasteiger partial charge in [-0.3, -0.25) is 0 Å². The molecule has 12 aromatic rings. The molecule has 63 heavy (non-hydrogen) atoms. The predicted molar refractivity (Wildman–Crippen MR) is 270 cm³/mol. The van der Waals surface area contributed by atoms with Crippen molar-refractivity contribution in [2.24, 2.45) is 0 Å². The van der Waals surface area contributed by atoms with Crippen LogP contribution in [0.5, 0.6) is 0 Å². The number of hydrogen-bond acceptors (Lipinski definition) is 0. The summed E-state index contributed by atoms with van der Waals surface area (Å²) in [6.45, 7) is 0. The number of nitrogens with zero attached hydrogens (tertiary/aromatic N) is 2. The van der Waals surface area contributed by atoms with Crippen molar-refractivity contribution in [3.63, 3.8) is 0 Å². The Morgan fingerprint density at radius 1 is 0.302 bits per heavy atom. The van der Waals surface area contributed by atoms with Crippen LogP contribution in [0.3, 0.4) is 0 Å². The highest BCUT2D eigenvalue weighted by molar-refractivity contribution is 7.20. The maximum absolute atomic E-state index is 2.92. The second-order valence-corrected chi connectivity index (χ2v) is 20.2. The minimum atomic E-state index is -2.92. The summed E-state index contributed by atoms with van der Waals surface area (Å²) < 4.78 is 5.07. The highest BCUT2D eigenvalue weighted by atomic mass is 28.3. The second-order valence-electron chi connectivity index (χ2n) is 16.4. The molecule has 0 bridgehead atoms. The Balaban J connectivity index is 1.24. The average molecular weight is 819 g/mol. The van der Waals surface area contributed by atoms with E-state index in [1.54, 1.807) is 0 Å². The number of para-hydroxylation sites is 2. The molecule has 0 atom stereocenters. The van der Waals surface area contributed by atoms with E-state index in [4.69, 9.17) is 0 Å². The van der Waals surface area contributed by atoms with E-state index < -0.39 is 8.07 Å². The van der Waals surface area contributed by atoms with E-state index in [2.05, 4.69) is 264 Å². The zero-order chi connectivity index (χ0) is 41.7. The molecule has 0 aliphatic carbocycles. The number of fused-ring (bicyclic) bond motifs is 6. The third-order valence-corrected chi connectivity index (χ3v) is 17.9. The first kappa shape index (κ1) is 36.8. The lowest BCUT2D eigenvalue weighted by Gasteiger charge is -2.35. The van der Waals surface area contributed by atoms with Gasteiger partial charge in [0.05, 0.1) is 27.8 Å². The first-order valence-corrected chi connectivity index (χ1v) is 23.8. The lowest BCUT2D eigenvalue weighted by molar-refractivity contribution is 1.13. The normalized spacial score (nSPS) is 11.8. The van der Waals surface area contributed by atoms with E-state index >= 15 is 0 Å². The molecular formula is C60H42N2Si. The van der Waals surface area contributed by atoms with Gasteiger partial charge in [0, 0.05) is 27.2 Å². The van der Waals surface area contributed by atoms with Crippen molar-refractivity contribution in [2.45, 2.75) is 0 Å². The van der Waals surface area contributed by atoms with Crippen LogP contribution < -0.4 is 20.7 Å². The Morgan fingerprint density at radius 3 is 1.37 bits per heavy atom. The van der Waals surface area contributed by atoms with Gasteiger partial charge < -0.3 is 9.13 Å². The molecule has 10 aromatic carbocycles. The zero-order valence-corrected chi connectivity index (χ0v) is 35.6. The topological polar surface area (TPSA) is 9.86 Å².